The first-order valence-electron chi connectivity index (χ1n) is 5.75. The van der Waals surface area contributed by atoms with Gasteiger partial charge in [0.1, 0.15) is 6.61 Å². The molecule has 1 aromatic carbocycles. The summed E-state index contributed by atoms with van der Waals surface area (Å²) in [4.78, 5) is 16.1. The Bertz CT molecular complexity index is 734. The van der Waals surface area contributed by atoms with E-state index in [1.54, 1.807) is 17.5 Å². The van der Waals surface area contributed by atoms with Crippen LogP contribution in [0.5, 0.6) is 0 Å². The van der Waals surface area contributed by atoms with Gasteiger partial charge in [-0.25, -0.2) is 18.2 Å². The highest BCUT2D eigenvalue weighted by atomic mass is 32.2. The molecule has 1 aromatic heterocycles. The van der Waals surface area contributed by atoms with Gasteiger partial charge in [-0.3, -0.25) is 0 Å². The maximum Gasteiger partial charge on any atom is 0.339 e. The molecule has 0 fully saturated rings. The third-order valence-corrected chi connectivity index (χ3v) is 4.50. The van der Waals surface area contributed by atoms with E-state index in [0.717, 1.165) is 11.3 Å². The van der Waals surface area contributed by atoms with Gasteiger partial charge in [-0.2, -0.15) is 0 Å². The van der Waals surface area contributed by atoms with Crippen molar-refractivity contribution >= 4 is 27.1 Å². The largest absolute Gasteiger partial charge is 0.456 e. The van der Waals surface area contributed by atoms with Crippen molar-refractivity contribution in [1.82, 2.24) is 4.98 Å². The fourth-order valence-corrected chi connectivity index (χ4v) is 3.12. The molecule has 2 rings (SSSR count). The lowest BCUT2D eigenvalue weighted by Crippen LogP contribution is -2.11. The van der Waals surface area contributed by atoms with Gasteiger partial charge in [-0.15, -0.1) is 11.3 Å². The average Bonchev–Trinajstić information content (AvgIpc) is 2.81. The number of sulfone groups is 1. The number of rotatable bonds is 4. The van der Waals surface area contributed by atoms with E-state index in [2.05, 4.69) is 4.98 Å². The number of ether oxygens (including phenoxy) is 1. The molecule has 0 amide bonds. The first-order chi connectivity index (χ1) is 9.38. The van der Waals surface area contributed by atoms with E-state index in [1.807, 2.05) is 6.92 Å². The molecule has 106 valence electrons. The second-order valence-electron chi connectivity index (χ2n) is 4.20. The summed E-state index contributed by atoms with van der Waals surface area (Å²) in [5.74, 6) is -0.670. The number of thiazole rings is 1. The lowest BCUT2D eigenvalue weighted by Gasteiger charge is -2.07. The van der Waals surface area contributed by atoms with Crippen LogP contribution in [0.15, 0.2) is 34.5 Å². The van der Waals surface area contributed by atoms with E-state index >= 15 is 0 Å². The van der Waals surface area contributed by atoms with E-state index in [1.165, 1.54) is 23.5 Å². The Balaban J connectivity index is 2.18. The van der Waals surface area contributed by atoms with E-state index in [9.17, 15) is 13.2 Å². The van der Waals surface area contributed by atoms with Gasteiger partial charge >= 0.3 is 5.97 Å². The van der Waals surface area contributed by atoms with Crippen LogP contribution in [-0.2, 0) is 21.2 Å². The number of carbonyl (C=O) groups is 1. The molecular formula is C13H13NO4S2. The highest BCUT2D eigenvalue weighted by molar-refractivity contribution is 7.90. The van der Waals surface area contributed by atoms with Gasteiger partial charge in [0.05, 0.1) is 21.2 Å². The summed E-state index contributed by atoms with van der Waals surface area (Å²) in [6.07, 6.45) is 1.06. The highest BCUT2D eigenvalue weighted by Crippen LogP contribution is 2.17. The molecule has 0 aliphatic rings. The number of aryl methyl sites for hydroxylation is 1. The predicted molar refractivity (Wildman–Crippen MR) is 75.5 cm³/mol. The van der Waals surface area contributed by atoms with Crippen molar-refractivity contribution in [3.8, 4) is 0 Å². The molecule has 0 aliphatic heterocycles. The molecule has 0 saturated heterocycles. The molecule has 0 N–H and O–H groups in total. The molecule has 0 unspecified atom stereocenters. The predicted octanol–water partition coefficient (Wildman–Crippen LogP) is 2.21. The van der Waals surface area contributed by atoms with Crippen LogP contribution in [0.25, 0.3) is 0 Å². The summed E-state index contributed by atoms with van der Waals surface area (Å²) in [6, 6.07) is 5.99. The number of nitrogens with zero attached hydrogens (tertiary/aromatic N) is 1. The monoisotopic (exact) mass is 311 g/mol. The molecule has 7 heteroatoms. The van der Waals surface area contributed by atoms with Crippen LogP contribution in [-0.4, -0.2) is 25.6 Å². The Kier molecular flexibility index (Phi) is 4.20. The Hall–Kier alpha value is -1.73. The van der Waals surface area contributed by atoms with E-state index in [0.29, 0.717) is 5.69 Å². The van der Waals surface area contributed by atoms with Crippen molar-refractivity contribution in [3.63, 3.8) is 0 Å². The van der Waals surface area contributed by atoms with E-state index < -0.39 is 15.8 Å². The molecule has 0 bridgehead atoms. The normalized spacial score (nSPS) is 11.3. The summed E-state index contributed by atoms with van der Waals surface area (Å²) < 4.78 is 28.3. The molecule has 2 aromatic rings. The van der Waals surface area contributed by atoms with Crippen molar-refractivity contribution in [2.75, 3.05) is 6.26 Å². The van der Waals surface area contributed by atoms with Gasteiger partial charge in [-0.05, 0) is 19.1 Å². The minimum atomic E-state index is -3.47. The second kappa shape index (κ2) is 5.72. The fraction of sp³-hybridized carbons (Fsp3) is 0.231. The van der Waals surface area contributed by atoms with Gasteiger partial charge in [0.15, 0.2) is 9.84 Å². The van der Waals surface area contributed by atoms with Crippen molar-refractivity contribution in [3.05, 3.63) is 45.9 Å². The van der Waals surface area contributed by atoms with Crippen LogP contribution < -0.4 is 0 Å². The van der Waals surface area contributed by atoms with Gasteiger partial charge in [0.2, 0.25) is 0 Å². The van der Waals surface area contributed by atoms with E-state index in [4.69, 9.17) is 4.74 Å². The number of aromatic nitrogens is 1. The zero-order chi connectivity index (χ0) is 14.8. The molecule has 5 nitrogen and oxygen atoms in total. The third kappa shape index (κ3) is 3.43. The SMILES string of the molecule is Cc1nc(COC(=O)c2ccccc2S(C)(=O)=O)cs1. The molecule has 0 radical (unpaired) electrons. The molecule has 0 atom stereocenters. The summed E-state index contributed by atoms with van der Waals surface area (Å²) in [5, 5.41) is 2.68. The smallest absolute Gasteiger partial charge is 0.339 e. The average molecular weight is 311 g/mol. The maximum absolute atomic E-state index is 12.0. The molecule has 0 spiro atoms. The third-order valence-electron chi connectivity index (χ3n) is 2.52. The van der Waals surface area contributed by atoms with Crippen molar-refractivity contribution in [2.45, 2.75) is 18.4 Å². The summed E-state index contributed by atoms with van der Waals surface area (Å²) >= 11 is 1.46. The number of hydrogen-bond donors (Lipinski definition) is 0. The zero-order valence-electron chi connectivity index (χ0n) is 11.0. The minimum absolute atomic E-state index is 0.0283. The molecule has 0 saturated carbocycles. The van der Waals surface area contributed by atoms with Crippen LogP contribution in [0, 0.1) is 6.92 Å². The van der Waals surface area contributed by atoms with Crippen molar-refractivity contribution in [2.24, 2.45) is 0 Å². The Labute approximate surface area is 121 Å². The Morgan fingerprint density at radius 2 is 2.05 bits per heavy atom. The van der Waals surface area contributed by atoms with Crippen LogP contribution in [0.3, 0.4) is 0 Å². The van der Waals surface area contributed by atoms with Crippen LogP contribution >= 0.6 is 11.3 Å². The number of carbonyl (C=O) groups excluding carboxylic acids is 1. The first kappa shape index (κ1) is 14.7. The zero-order valence-corrected chi connectivity index (χ0v) is 12.6. The van der Waals surface area contributed by atoms with Crippen molar-refractivity contribution < 1.29 is 17.9 Å². The molecule has 1 heterocycles. The molecule has 20 heavy (non-hydrogen) atoms. The molecular weight excluding hydrogens is 298 g/mol. The summed E-state index contributed by atoms with van der Waals surface area (Å²) in [5.41, 5.74) is 0.694. The van der Waals surface area contributed by atoms with Gasteiger partial charge in [-0.1, -0.05) is 12.1 Å². The van der Waals surface area contributed by atoms with Crippen LogP contribution in [0.1, 0.15) is 21.1 Å². The number of hydrogen-bond acceptors (Lipinski definition) is 6. The number of esters is 1. The summed E-state index contributed by atoms with van der Waals surface area (Å²) in [6.45, 7) is 1.89. The lowest BCUT2D eigenvalue weighted by atomic mass is 10.2. The van der Waals surface area contributed by atoms with Gasteiger partial charge in [0.25, 0.3) is 0 Å². The quantitative estimate of drug-likeness (QED) is 0.809. The second-order valence-corrected chi connectivity index (χ2v) is 7.25. The highest BCUT2D eigenvalue weighted by Gasteiger charge is 2.19. The molecule has 0 aliphatic carbocycles. The maximum atomic E-state index is 12.0. The van der Waals surface area contributed by atoms with E-state index in [-0.39, 0.29) is 17.1 Å². The van der Waals surface area contributed by atoms with Crippen LogP contribution in [0.2, 0.25) is 0 Å². The Morgan fingerprint density at radius 1 is 1.35 bits per heavy atom. The van der Waals surface area contributed by atoms with Crippen molar-refractivity contribution in [1.29, 1.82) is 0 Å². The standard InChI is InChI=1S/C13H13NO4S2/c1-9-14-10(8-19-9)7-18-13(15)11-5-3-4-6-12(11)20(2,16)17/h3-6,8H,7H2,1-2H3. The lowest BCUT2D eigenvalue weighted by molar-refractivity contribution is 0.0463. The fourth-order valence-electron chi connectivity index (χ4n) is 1.65. The first-order valence-corrected chi connectivity index (χ1v) is 8.52. The van der Waals surface area contributed by atoms with Gasteiger partial charge in [0, 0.05) is 11.6 Å². The Morgan fingerprint density at radius 3 is 2.65 bits per heavy atom. The topological polar surface area (TPSA) is 73.3 Å². The minimum Gasteiger partial charge on any atom is -0.456 e. The summed E-state index contributed by atoms with van der Waals surface area (Å²) in [7, 11) is -3.47. The van der Waals surface area contributed by atoms with Crippen LogP contribution in [0.4, 0.5) is 0 Å². The number of benzene rings is 1. The van der Waals surface area contributed by atoms with Gasteiger partial charge < -0.3 is 4.74 Å².